The summed E-state index contributed by atoms with van der Waals surface area (Å²) >= 11 is 0. The Morgan fingerprint density at radius 1 is 0.962 bits per heavy atom. The zero-order valence-corrected chi connectivity index (χ0v) is 15.6. The second-order valence-corrected chi connectivity index (χ2v) is 7.18. The highest BCUT2D eigenvalue weighted by atomic mass is 16.5. The number of ether oxygens (including phenoxy) is 1. The molecule has 1 N–H and O–H groups in total. The summed E-state index contributed by atoms with van der Waals surface area (Å²) in [6, 6.07) is 12.9. The molecule has 136 valence electrons. The standard InChI is InChI=1S/C22H25NO3/c1-15-11-16(2)13-18(12-15)20(24)22(9-4-5-10-22)23-21(25)17-7-6-8-19(14-17)26-3/h6-8,11-14H,4-5,9-10H2,1-3H3,(H,23,25). The van der Waals surface area contributed by atoms with Crippen molar-refractivity contribution in [3.63, 3.8) is 0 Å². The van der Waals surface area contributed by atoms with Crippen LogP contribution < -0.4 is 10.1 Å². The van der Waals surface area contributed by atoms with Gasteiger partial charge in [-0.3, -0.25) is 9.59 Å². The Balaban J connectivity index is 1.90. The maximum absolute atomic E-state index is 13.3. The fourth-order valence-corrected chi connectivity index (χ4v) is 3.82. The minimum Gasteiger partial charge on any atom is -0.497 e. The van der Waals surface area contributed by atoms with Gasteiger partial charge in [0.25, 0.3) is 5.91 Å². The van der Waals surface area contributed by atoms with E-state index in [1.807, 2.05) is 32.0 Å². The lowest BCUT2D eigenvalue weighted by Gasteiger charge is -2.29. The van der Waals surface area contributed by atoms with Gasteiger partial charge in [-0.25, -0.2) is 0 Å². The van der Waals surface area contributed by atoms with Gasteiger partial charge in [0.05, 0.1) is 7.11 Å². The van der Waals surface area contributed by atoms with Crippen LogP contribution >= 0.6 is 0 Å². The third kappa shape index (κ3) is 3.64. The van der Waals surface area contributed by atoms with Gasteiger partial charge >= 0.3 is 0 Å². The summed E-state index contributed by atoms with van der Waals surface area (Å²) in [6.07, 6.45) is 3.23. The third-order valence-electron chi connectivity index (χ3n) is 5.06. The van der Waals surface area contributed by atoms with Crippen molar-refractivity contribution in [3.05, 3.63) is 64.7 Å². The Bertz CT molecular complexity index is 815. The normalized spacial score (nSPS) is 15.5. The predicted octanol–water partition coefficient (Wildman–Crippen LogP) is 4.24. The Morgan fingerprint density at radius 2 is 1.62 bits per heavy atom. The molecule has 1 saturated carbocycles. The summed E-state index contributed by atoms with van der Waals surface area (Å²) in [6.45, 7) is 3.97. The van der Waals surface area contributed by atoms with Crippen LogP contribution in [0.15, 0.2) is 42.5 Å². The topological polar surface area (TPSA) is 55.4 Å². The Morgan fingerprint density at radius 3 is 2.23 bits per heavy atom. The van der Waals surface area contributed by atoms with E-state index in [9.17, 15) is 9.59 Å². The summed E-state index contributed by atoms with van der Waals surface area (Å²) < 4.78 is 5.20. The number of methoxy groups -OCH3 is 1. The first kappa shape index (κ1) is 18.2. The van der Waals surface area contributed by atoms with Gasteiger partial charge in [0.2, 0.25) is 0 Å². The van der Waals surface area contributed by atoms with E-state index >= 15 is 0 Å². The maximum atomic E-state index is 13.3. The van der Waals surface area contributed by atoms with Crippen molar-refractivity contribution >= 4 is 11.7 Å². The van der Waals surface area contributed by atoms with Crippen molar-refractivity contribution in [2.75, 3.05) is 7.11 Å². The first-order valence-corrected chi connectivity index (χ1v) is 9.03. The van der Waals surface area contributed by atoms with Gasteiger partial charge in [0, 0.05) is 11.1 Å². The van der Waals surface area contributed by atoms with Crippen LogP contribution in [0.1, 0.15) is 57.5 Å². The lowest BCUT2D eigenvalue weighted by atomic mass is 9.86. The van der Waals surface area contributed by atoms with Crippen LogP contribution in [0.3, 0.4) is 0 Å². The van der Waals surface area contributed by atoms with E-state index in [1.165, 1.54) is 0 Å². The van der Waals surface area contributed by atoms with Crippen molar-refractivity contribution in [3.8, 4) is 5.75 Å². The molecule has 1 amide bonds. The summed E-state index contributed by atoms with van der Waals surface area (Å²) in [5.41, 5.74) is 2.47. The molecule has 1 aliphatic carbocycles. The number of carbonyl (C=O) groups is 2. The molecule has 1 aliphatic rings. The van der Waals surface area contributed by atoms with Gasteiger partial charge in [-0.15, -0.1) is 0 Å². The van der Waals surface area contributed by atoms with E-state index in [0.29, 0.717) is 29.7 Å². The molecular formula is C22H25NO3. The Kier molecular flexibility index (Phi) is 5.12. The fraction of sp³-hybridized carbons (Fsp3) is 0.364. The largest absolute Gasteiger partial charge is 0.497 e. The smallest absolute Gasteiger partial charge is 0.252 e. The Labute approximate surface area is 154 Å². The van der Waals surface area contributed by atoms with E-state index < -0.39 is 5.54 Å². The molecule has 3 rings (SSSR count). The van der Waals surface area contributed by atoms with Crippen molar-refractivity contribution in [1.82, 2.24) is 5.32 Å². The molecule has 0 aromatic heterocycles. The molecule has 0 spiro atoms. The molecule has 0 aliphatic heterocycles. The van der Waals surface area contributed by atoms with Gasteiger partial charge < -0.3 is 10.1 Å². The molecule has 2 aromatic rings. The van der Waals surface area contributed by atoms with Gasteiger partial charge in [0.15, 0.2) is 5.78 Å². The molecule has 4 nitrogen and oxygen atoms in total. The van der Waals surface area contributed by atoms with E-state index in [-0.39, 0.29) is 11.7 Å². The van der Waals surface area contributed by atoms with Crippen LogP contribution in [0.25, 0.3) is 0 Å². The van der Waals surface area contributed by atoms with Gasteiger partial charge in [-0.2, -0.15) is 0 Å². The minimum absolute atomic E-state index is 0.0121. The average Bonchev–Trinajstić information content (AvgIpc) is 3.10. The maximum Gasteiger partial charge on any atom is 0.252 e. The second kappa shape index (κ2) is 7.32. The number of rotatable bonds is 5. The van der Waals surface area contributed by atoms with Gasteiger partial charge in [-0.1, -0.05) is 36.1 Å². The van der Waals surface area contributed by atoms with Crippen LogP contribution in [0.2, 0.25) is 0 Å². The van der Waals surface area contributed by atoms with Crippen molar-refractivity contribution in [2.45, 2.75) is 45.1 Å². The molecule has 2 aromatic carbocycles. The van der Waals surface area contributed by atoms with Crippen molar-refractivity contribution in [1.29, 1.82) is 0 Å². The summed E-state index contributed by atoms with van der Waals surface area (Å²) in [5.74, 6) is 0.403. The molecule has 0 bridgehead atoms. The highest BCUT2D eigenvalue weighted by Gasteiger charge is 2.42. The predicted molar refractivity (Wildman–Crippen MR) is 102 cm³/mol. The molecule has 0 saturated heterocycles. The molecule has 26 heavy (non-hydrogen) atoms. The van der Waals surface area contributed by atoms with Crippen LogP contribution in [-0.2, 0) is 0 Å². The monoisotopic (exact) mass is 351 g/mol. The van der Waals surface area contributed by atoms with Crippen molar-refractivity contribution in [2.24, 2.45) is 0 Å². The molecule has 0 unspecified atom stereocenters. The van der Waals surface area contributed by atoms with Crippen LogP contribution in [0.5, 0.6) is 5.75 Å². The fourth-order valence-electron chi connectivity index (χ4n) is 3.82. The Hall–Kier alpha value is -2.62. The highest BCUT2D eigenvalue weighted by molar-refractivity contribution is 6.07. The first-order chi connectivity index (χ1) is 12.4. The number of Topliss-reactive ketones (excluding diaryl/α,β-unsaturated/α-hetero) is 1. The summed E-state index contributed by atoms with van der Waals surface area (Å²) in [7, 11) is 1.57. The highest BCUT2D eigenvalue weighted by Crippen LogP contribution is 2.34. The lowest BCUT2D eigenvalue weighted by molar-refractivity contribution is 0.0770. The molecule has 0 heterocycles. The molecule has 1 fully saturated rings. The summed E-state index contributed by atoms with van der Waals surface area (Å²) in [4.78, 5) is 26.1. The number of nitrogens with one attached hydrogen (secondary N) is 1. The number of hydrogen-bond acceptors (Lipinski definition) is 3. The number of amides is 1. The number of aryl methyl sites for hydroxylation is 2. The van der Waals surface area contributed by atoms with E-state index in [0.717, 1.165) is 24.0 Å². The first-order valence-electron chi connectivity index (χ1n) is 9.03. The number of benzene rings is 2. The lowest BCUT2D eigenvalue weighted by Crippen LogP contribution is -2.52. The van der Waals surface area contributed by atoms with E-state index in [4.69, 9.17) is 4.74 Å². The quantitative estimate of drug-likeness (QED) is 0.820. The number of hydrogen-bond donors (Lipinski definition) is 1. The van der Waals surface area contributed by atoms with E-state index in [1.54, 1.807) is 31.4 Å². The second-order valence-electron chi connectivity index (χ2n) is 7.18. The van der Waals surface area contributed by atoms with Gasteiger partial charge in [-0.05, 0) is 57.0 Å². The average molecular weight is 351 g/mol. The molecule has 4 heteroatoms. The zero-order chi connectivity index (χ0) is 18.7. The minimum atomic E-state index is -0.819. The summed E-state index contributed by atoms with van der Waals surface area (Å²) in [5, 5.41) is 3.05. The van der Waals surface area contributed by atoms with E-state index in [2.05, 4.69) is 5.32 Å². The third-order valence-corrected chi connectivity index (χ3v) is 5.06. The van der Waals surface area contributed by atoms with Crippen LogP contribution in [0.4, 0.5) is 0 Å². The molecule has 0 radical (unpaired) electrons. The number of carbonyl (C=O) groups excluding carboxylic acids is 2. The van der Waals surface area contributed by atoms with Crippen LogP contribution in [-0.4, -0.2) is 24.3 Å². The number of ketones is 1. The SMILES string of the molecule is COc1cccc(C(=O)NC2(C(=O)c3cc(C)cc(C)c3)CCCC2)c1. The van der Waals surface area contributed by atoms with Gasteiger partial charge in [0.1, 0.15) is 11.3 Å². The molecular weight excluding hydrogens is 326 g/mol. The van der Waals surface area contributed by atoms with Crippen LogP contribution in [0, 0.1) is 13.8 Å². The zero-order valence-electron chi connectivity index (χ0n) is 15.6. The molecule has 0 atom stereocenters. The van der Waals surface area contributed by atoms with Crippen molar-refractivity contribution < 1.29 is 14.3 Å².